The van der Waals surface area contributed by atoms with Gasteiger partial charge in [-0.2, -0.15) is 0 Å². The van der Waals surface area contributed by atoms with E-state index in [2.05, 4.69) is 6.58 Å². The quantitative estimate of drug-likeness (QED) is 0.459. The highest BCUT2D eigenvalue weighted by Gasteiger charge is 2.42. The molecule has 1 atom stereocenters. The fourth-order valence-corrected chi connectivity index (χ4v) is 2.02. The summed E-state index contributed by atoms with van der Waals surface area (Å²) in [4.78, 5) is 44.6. The highest BCUT2D eigenvalue weighted by molar-refractivity contribution is 6.02. The number of carboxylic acids is 3. The van der Waals surface area contributed by atoms with E-state index in [0.29, 0.717) is 0 Å². The molecular weight excluding hydrogens is 296 g/mol. The number of hydrogen-bond donors (Lipinski definition) is 3. The second kappa shape index (κ2) is 6.70. The van der Waals surface area contributed by atoms with Crippen molar-refractivity contribution in [2.45, 2.75) is 12.8 Å². The van der Waals surface area contributed by atoms with Gasteiger partial charge in [0.2, 0.25) is 0 Å². The molecule has 8 nitrogen and oxygen atoms in total. The number of rotatable bonds is 7. The van der Waals surface area contributed by atoms with Gasteiger partial charge in [-0.25, -0.2) is 14.4 Å². The van der Waals surface area contributed by atoms with Gasteiger partial charge in [0.25, 0.3) is 0 Å². The Labute approximate surface area is 125 Å². The third kappa shape index (κ3) is 3.60. The van der Waals surface area contributed by atoms with Crippen molar-refractivity contribution in [3.63, 3.8) is 0 Å². The van der Waals surface area contributed by atoms with Gasteiger partial charge in [-0.1, -0.05) is 12.7 Å². The third-order valence-electron chi connectivity index (χ3n) is 3.26. The van der Waals surface area contributed by atoms with Gasteiger partial charge < -0.3 is 20.1 Å². The molecule has 0 heterocycles. The Morgan fingerprint density at radius 3 is 2.32 bits per heavy atom. The van der Waals surface area contributed by atoms with E-state index in [1.165, 1.54) is 0 Å². The lowest BCUT2D eigenvalue weighted by Gasteiger charge is -2.29. The van der Waals surface area contributed by atoms with Crippen molar-refractivity contribution >= 4 is 23.9 Å². The number of carbonyl (C=O) groups excluding carboxylic acids is 1. The lowest BCUT2D eigenvalue weighted by molar-refractivity contribution is -0.150. The molecule has 0 amide bonds. The molecule has 0 saturated carbocycles. The Morgan fingerprint density at radius 2 is 1.86 bits per heavy atom. The SMILES string of the molecule is C=CC(=O)OCCC1(C(=O)O)C=CC(C(=O)O)=C(C(=O)O)C1. The van der Waals surface area contributed by atoms with E-state index in [4.69, 9.17) is 14.9 Å². The number of hydrogen-bond acceptors (Lipinski definition) is 5. The van der Waals surface area contributed by atoms with Crippen molar-refractivity contribution < 1.29 is 39.2 Å². The van der Waals surface area contributed by atoms with Crippen LogP contribution in [-0.4, -0.2) is 45.8 Å². The summed E-state index contributed by atoms with van der Waals surface area (Å²) >= 11 is 0. The molecule has 1 unspecified atom stereocenters. The highest BCUT2D eigenvalue weighted by atomic mass is 16.5. The zero-order valence-electron chi connectivity index (χ0n) is 11.4. The second-order valence-electron chi connectivity index (χ2n) is 4.60. The molecule has 0 radical (unpaired) electrons. The van der Waals surface area contributed by atoms with Gasteiger partial charge >= 0.3 is 23.9 Å². The molecule has 0 aromatic rings. The van der Waals surface area contributed by atoms with Crippen molar-refractivity contribution in [2.24, 2.45) is 5.41 Å². The minimum atomic E-state index is -1.64. The van der Waals surface area contributed by atoms with E-state index < -0.39 is 46.9 Å². The van der Waals surface area contributed by atoms with E-state index in [1.54, 1.807) is 0 Å². The molecule has 1 aliphatic carbocycles. The summed E-state index contributed by atoms with van der Waals surface area (Å²) in [7, 11) is 0. The number of carboxylic acid groups (broad SMARTS) is 3. The Kier molecular flexibility index (Phi) is 5.23. The summed E-state index contributed by atoms with van der Waals surface area (Å²) in [6, 6.07) is 0. The number of esters is 1. The van der Waals surface area contributed by atoms with Crippen LogP contribution in [0.1, 0.15) is 12.8 Å². The van der Waals surface area contributed by atoms with E-state index in [0.717, 1.165) is 18.2 Å². The molecule has 0 aromatic carbocycles. The van der Waals surface area contributed by atoms with Crippen LogP contribution in [0.15, 0.2) is 36.0 Å². The normalized spacial score (nSPS) is 20.4. The maximum absolute atomic E-state index is 11.5. The molecule has 0 fully saturated rings. The van der Waals surface area contributed by atoms with Crippen LogP contribution >= 0.6 is 0 Å². The molecule has 0 saturated heterocycles. The molecule has 3 N–H and O–H groups in total. The smallest absolute Gasteiger partial charge is 0.336 e. The Morgan fingerprint density at radius 1 is 1.23 bits per heavy atom. The van der Waals surface area contributed by atoms with Gasteiger partial charge in [0.15, 0.2) is 0 Å². The fraction of sp³-hybridized carbons (Fsp3) is 0.286. The standard InChI is InChI=1S/C14H14O8/c1-2-10(15)22-6-5-14(13(20)21)4-3-8(11(16)17)9(7-14)12(18)19/h2-4H,1,5-7H2,(H,16,17)(H,18,19)(H,20,21). The first-order valence-corrected chi connectivity index (χ1v) is 6.15. The summed E-state index contributed by atoms with van der Waals surface area (Å²) in [5.74, 6) is -5.02. The van der Waals surface area contributed by atoms with Crippen molar-refractivity contribution in [3.8, 4) is 0 Å². The van der Waals surface area contributed by atoms with Crippen molar-refractivity contribution in [2.75, 3.05) is 6.61 Å². The number of carbonyl (C=O) groups is 4. The maximum Gasteiger partial charge on any atom is 0.336 e. The Bertz CT molecular complexity index is 598. The van der Waals surface area contributed by atoms with Gasteiger partial charge in [0.1, 0.15) is 0 Å². The predicted octanol–water partition coefficient (Wildman–Crippen LogP) is 0.602. The average Bonchev–Trinajstić information content (AvgIpc) is 2.46. The molecule has 0 aliphatic heterocycles. The van der Waals surface area contributed by atoms with Gasteiger partial charge in [0, 0.05) is 18.9 Å². The van der Waals surface area contributed by atoms with Crippen LogP contribution in [0.5, 0.6) is 0 Å². The summed E-state index contributed by atoms with van der Waals surface area (Å²) in [5.41, 5.74) is -2.62. The average molecular weight is 310 g/mol. The van der Waals surface area contributed by atoms with Crippen LogP contribution in [0.25, 0.3) is 0 Å². The summed E-state index contributed by atoms with van der Waals surface area (Å²) in [6.45, 7) is 2.92. The first kappa shape index (κ1) is 17.2. The Balaban J connectivity index is 3.04. The first-order chi connectivity index (χ1) is 10.2. The maximum atomic E-state index is 11.5. The minimum absolute atomic E-state index is 0.192. The van der Waals surface area contributed by atoms with E-state index >= 15 is 0 Å². The first-order valence-electron chi connectivity index (χ1n) is 6.15. The van der Waals surface area contributed by atoms with Gasteiger partial charge in [-0.3, -0.25) is 4.79 Å². The van der Waals surface area contributed by atoms with Crippen molar-refractivity contribution in [1.29, 1.82) is 0 Å². The molecular formula is C14H14O8. The molecule has 1 rings (SSSR count). The van der Waals surface area contributed by atoms with Crippen LogP contribution < -0.4 is 0 Å². The molecule has 8 heteroatoms. The molecule has 0 aromatic heterocycles. The van der Waals surface area contributed by atoms with E-state index in [9.17, 15) is 24.3 Å². The zero-order valence-corrected chi connectivity index (χ0v) is 11.4. The molecule has 22 heavy (non-hydrogen) atoms. The zero-order chi connectivity index (χ0) is 16.9. The summed E-state index contributed by atoms with van der Waals surface area (Å²) in [6.07, 6.45) is 2.28. The lowest BCUT2D eigenvalue weighted by Crippen LogP contribution is -2.35. The van der Waals surface area contributed by atoms with Crippen LogP contribution in [0.4, 0.5) is 0 Å². The van der Waals surface area contributed by atoms with Crippen LogP contribution in [0, 0.1) is 5.41 Å². The molecule has 0 spiro atoms. The lowest BCUT2D eigenvalue weighted by atomic mass is 9.74. The predicted molar refractivity (Wildman–Crippen MR) is 71.9 cm³/mol. The minimum Gasteiger partial charge on any atom is -0.481 e. The number of ether oxygens (including phenoxy) is 1. The monoisotopic (exact) mass is 310 g/mol. The Hall–Kier alpha value is -2.90. The second-order valence-corrected chi connectivity index (χ2v) is 4.60. The third-order valence-corrected chi connectivity index (χ3v) is 3.26. The summed E-state index contributed by atoms with van der Waals surface area (Å²) < 4.78 is 4.71. The largest absolute Gasteiger partial charge is 0.481 e. The van der Waals surface area contributed by atoms with Crippen LogP contribution in [0.3, 0.4) is 0 Å². The van der Waals surface area contributed by atoms with Crippen LogP contribution in [-0.2, 0) is 23.9 Å². The van der Waals surface area contributed by atoms with Gasteiger partial charge in [-0.05, 0) is 6.08 Å². The van der Waals surface area contributed by atoms with E-state index in [-0.39, 0.29) is 13.0 Å². The summed E-state index contributed by atoms with van der Waals surface area (Å²) in [5, 5.41) is 27.4. The molecule has 118 valence electrons. The number of aliphatic carboxylic acids is 3. The molecule has 1 aliphatic rings. The highest BCUT2D eigenvalue weighted by Crippen LogP contribution is 2.38. The topological polar surface area (TPSA) is 138 Å². The van der Waals surface area contributed by atoms with E-state index in [1.807, 2.05) is 0 Å². The van der Waals surface area contributed by atoms with Crippen molar-refractivity contribution in [1.82, 2.24) is 0 Å². The van der Waals surface area contributed by atoms with Gasteiger partial charge in [-0.15, -0.1) is 0 Å². The molecule has 0 bridgehead atoms. The van der Waals surface area contributed by atoms with Gasteiger partial charge in [0.05, 0.1) is 23.2 Å². The van der Waals surface area contributed by atoms with Crippen molar-refractivity contribution in [3.05, 3.63) is 36.0 Å². The van der Waals surface area contributed by atoms with Crippen LogP contribution in [0.2, 0.25) is 0 Å². The fourth-order valence-electron chi connectivity index (χ4n) is 2.02.